The van der Waals surface area contributed by atoms with Gasteiger partial charge in [0.1, 0.15) is 17.9 Å². The van der Waals surface area contributed by atoms with Crippen LogP contribution in [0.15, 0.2) is 54.6 Å². The molecule has 4 aromatic rings. The summed E-state index contributed by atoms with van der Waals surface area (Å²) in [5.41, 5.74) is 7.68. The highest BCUT2D eigenvalue weighted by Gasteiger charge is 2.29. The van der Waals surface area contributed by atoms with Crippen LogP contribution in [0.3, 0.4) is 0 Å². The fourth-order valence-electron chi connectivity index (χ4n) is 5.28. The maximum Gasteiger partial charge on any atom is 0.408 e. The number of aromatic nitrogens is 2. The summed E-state index contributed by atoms with van der Waals surface area (Å²) in [7, 11) is 0. The molecule has 1 aromatic heterocycles. The van der Waals surface area contributed by atoms with E-state index in [1.807, 2.05) is 24.3 Å². The summed E-state index contributed by atoms with van der Waals surface area (Å²) in [6.07, 6.45) is -0.859. The lowest BCUT2D eigenvalue weighted by Gasteiger charge is -2.26. The Kier molecular flexibility index (Phi) is 9.86. The molecule has 1 aliphatic rings. The van der Waals surface area contributed by atoms with Gasteiger partial charge < -0.3 is 30.2 Å². The lowest BCUT2D eigenvalue weighted by atomic mass is 9.97. The van der Waals surface area contributed by atoms with Crippen LogP contribution in [0, 0.1) is 11.6 Å². The van der Waals surface area contributed by atoms with Crippen molar-refractivity contribution in [2.45, 2.75) is 78.5 Å². The number of anilines is 1. The van der Waals surface area contributed by atoms with Gasteiger partial charge in [0, 0.05) is 24.0 Å². The first-order valence-electron chi connectivity index (χ1n) is 15.7. The molecule has 0 saturated carbocycles. The van der Waals surface area contributed by atoms with Gasteiger partial charge in [0.2, 0.25) is 5.95 Å². The normalized spacial score (nSPS) is 13.6. The Hall–Kier alpha value is -5.17. The van der Waals surface area contributed by atoms with E-state index in [1.54, 1.807) is 64.6 Å². The molecule has 11 nitrogen and oxygen atoms in total. The third-order valence-corrected chi connectivity index (χ3v) is 7.53. The summed E-state index contributed by atoms with van der Waals surface area (Å²) >= 11 is 0. The first kappa shape index (κ1) is 35.1. The molecule has 1 atom stereocenters. The number of carbonyl (C=O) groups excluding carboxylic acids is 3. The zero-order valence-corrected chi connectivity index (χ0v) is 28.2. The van der Waals surface area contributed by atoms with E-state index in [4.69, 9.17) is 19.9 Å². The van der Waals surface area contributed by atoms with Crippen molar-refractivity contribution in [1.82, 2.24) is 20.2 Å². The van der Waals surface area contributed by atoms with Crippen molar-refractivity contribution in [2.24, 2.45) is 0 Å². The zero-order valence-electron chi connectivity index (χ0n) is 28.2. The predicted molar refractivity (Wildman–Crippen MR) is 178 cm³/mol. The second kappa shape index (κ2) is 13.7. The Morgan fingerprint density at radius 3 is 2.20 bits per heavy atom. The molecule has 49 heavy (non-hydrogen) atoms. The molecule has 1 unspecified atom stereocenters. The number of nitrogens with two attached hydrogens (primary N) is 1. The van der Waals surface area contributed by atoms with Gasteiger partial charge in [0.15, 0.2) is 17.7 Å². The molecule has 2 heterocycles. The Morgan fingerprint density at radius 2 is 1.57 bits per heavy atom. The minimum atomic E-state index is -1.27. The van der Waals surface area contributed by atoms with E-state index in [0.717, 1.165) is 23.3 Å². The molecular weight excluding hydrogens is 636 g/mol. The summed E-state index contributed by atoms with van der Waals surface area (Å²) in [4.78, 5) is 49.7. The monoisotopic (exact) mass is 675 g/mol. The van der Waals surface area contributed by atoms with Crippen molar-refractivity contribution < 1.29 is 37.4 Å². The van der Waals surface area contributed by atoms with Crippen molar-refractivity contribution in [3.63, 3.8) is 0 Å². The fraction of sp³-hybridized carbons (Fsp3) is 0.361. The van der Waals surface area contributed by atoms with Crippen LogP contribution < -0.4 is 11.1 Å². The summed E-state index contributed by atoms with van der Waals surface area (Å²) < 4.78 is 45.8. The highest BCUT2D eigenvalue weighted by Crippen LogP contribution is 2.32. The maximum absolute atomic E-state index is 14.7. The lowest BCUT2D eigenvalue weighted by molar-refractivity contribution is -0.150. The van der Waals surface area contributed by atoms with Crippen molar-refractivity contribution in [1.29, 1.82) is 0 Å². The molecule has 0 aliphatic carbocycles. The van der Waals surface area contributed by atoms with Crippen LogP contribution in [-0.4, -0.2) is 56.7 Å². The van der Waals surface area contributed by atoms with Gasteiger partial charge in [0.25, 0.3) is 5.91 Å². The van der Waals surface area contributed by atoms with Crippen LogP contribution in [0.25, 0.3) is 22.0 Å². The average Bonchev–Trinajstić information content (AvgIpc) is 3.45. The topological polar surface area (TPSA) is 146 Å². The number of alkyl carbamates (subject to hydrolysis) is 1. The minimum absolute atomic E-state index is 0.0580. The van der Waals surface area contributed by atoms with Gasteiger partial charge in [0.05, 0.1) is 17.7 Å². The number of fused-ring (bicyclic) bond motifs is 2. The number of nitrogens with zero attached hydrogens (tertiary/aromatic N) is 3. The minimum Gasteiger partial charge on any atom is -0.459 e. The molecular formula is C36H39F2N5O6. The lowest BCUT2D eigenvalue weighted by Crippen LogP contribution is -2.48. The molecule has 2 amide bonds. The smallest absolute Gasteiger partial charge is 0.408 e. The first-order valence-corrected chi connectivity index (χ1v) is 15.7. The van der Waals surface area contributed by atoms with Crippen molar-refractivity contribution in [3.05, 3.63) is 88.6 Å². The molecule has 0 spiro atoms. The van der Waals surface area contributed by atoms with E-state index >= 15 is 0 Å². The number of amides is 2. The summed E-state index contributed by atoms with van der Waals surface area (Å²) in [6, 6.07) is 13.2. The van der Waals surface area contributed by atoms with Crippen LogP contribution in [-0.2, 0) is 38.7 Å². The number of hydrogen-bond donors (Lipinski definition) is 2. The van der Waals surface area contributed by atoms with Gasteiger partial charge in [-0.25, -0.2) is 28.3 Å². The number of nitrogens with one attached hydrogen (secondary N) is 1. The second-order valence-electron chi connectivity index (χ2n) is 13.7. The van der Waals surface area contributed by atoms with E-state index in [9.17, 15) is 23.2 Å². The number of benzene rings is 3. The number of nitrogen functional groups attached to an aromatic ring is 1. The number of carbonyl (C=O) groups is 3. The molecule has 13 heteroatoms. The molecule has 0 radical (unpaired) electrons. The van der Waals surface area contributed by atoms with E-state index in [1.165, 1.54) is 0 Å². The van der Waals surface area contributed by atoms with Crippen LogP contribution >= 0.6 is 0 Å². The Balaban J connectivity index is 1.44. The van der Waals surface area contributed by atoms with Gasteiger partial charge in [-0.1, -0.05) is 30.3 Å². The number of esters is 1. The van der Waals surface area contributed by atoms with Crippen molar-refractivity contribution in [2.75, 3.05) is 12.3 Å². The number of rotatable bonds is 8. The van der Waals surface area contributed by atoms with E-state index in [2.05, 4.69) is 15.3 Å². The maximum atomic E-state index is 14.7. The van der Waals surface area contributed by atoms with Gasteiger partial charge in [-0.3, -0.25) is 4.79 Å². The average molecular weight is 676 g/mol. The van der Waals surface area contributed by atoms with E-state index in [-0.39, 0.29) is 35.3 Å². The van der Waals surface area contributed by atoms with E-state index < -0.39 is 47.5 Å². The Morgan fingerprint density at radius 1 is 0.918 bits per heavy atom. The van der Waals surface area contributed by atoms with Crippen LogP contribution in [0.5, 0.6) is 0 Å². The number of hydrogen-bond acceptors (Lipinski definition) is 9. The molecule has 0 saturated heterocycles. The molecule has 0 bridgehead atoms. The van der Waals surface area contributed by atoms with E-state index in [0.29, 0.717) is 29.6 Å². The Bertz CT molecular complexity index is 1900. The van der Waals surface area contributed by atoms with Crippen LogP contribution in [0.1, 0.15) is 68.7 Å². The molecule has 3 N–H and O–H groups in total. The molecule has 3 aromatic carbocycles. The summed E-state index contributed by atoms with van der Waals surface area (Å²) in [5, 5.41) is 2.81. The summed E-state index contributed by atoms with van der Waals surface area (Å²) in [6.45, 7) is 10.4. The highest BCUT2D eigenvalue weighted by atomic mass is 19.2. The van der Waals surface area contributed by atoms with Gasteiger partial charge >= 0.3 is 12.1 Å². The standard InChI is InChI=1S/C36H39F2N5O6/c1-35(2,3)48-19-29(41-34(46)49-36(4,5)6)32(45)47-18-23-14-26(37)27(38)15-24(23)20-11-12-28-25(13-20)30(42-33(39)40-28)31(44)43-16-21-9-7-8-10-22(21)17-43/h7-15,29H,16-19H2,1-6H3,(H,41,46)(H2,39,40,42). The largest absolute Gasteiger partial charge is 0.459 e. The fourth-order valence-corrected chi connectivity index (χ4v) is 5.28. The third-order valence-electron chi connectivity index (χ3n) is 7.53. The van der Waals surface area contributed by atoms with Crippen LogP contribution in [0.4, 0.5) is 19.5 Å². The predicted octanol–water partition coefficient (Wildman–Crippen LogP) is 6.06. The van der Waals surface area contributed by atoms with Gasteiger partial charge in [-0.05, 0) is 88.1 Å². The van der Waals surface area contributed by atoms with Crippen molar-refractivity contribution >= 4 is 34.8 Å². The number of halogens is 2. The molecule has 0 fully saturated rings. The summed E-state index contributed by atoms with van der Waals surface area (Å²) in [5.74, 6) is -3.63. The zero-order chi connectivity index (χ0) is 35.7. The molecule has 1 aliphatic heterocycles. The quantitative estimate of drug-likeness (QED) is 0.213. The molecule has 5 rings (SSSR count). The second-order valence-corrected chi connectivity index (χ2v) is 13.7. The van der Waals surface area contributed by atoms with Gasteiger partial charge in [-0.2, -0.15) is 0 Å². The van der Waals surface area contributed by atoms with Gasteiger partial charge in [-0.15, -0.1) is 0 Å². The van der Waals surface area contributed by atoms with Crippen LogP contribution in [0.2, 0.25) is 0 Å². The third kappa shape index (κ3) is 8.65. The van der Waals surface area contributed by atoms with Crippen molar-refractivity contribution in [3.8, 4) is 11.1 Å². The first-order chi connectivity index (χ1) is 23.0. The highest BCUT2D eigenvalue weighted by molar-refractivity contribution is 6.06. The number of ether oxygens (including phenoxy) is 3. The SMILES string of the molecule is CC(C)(C)OCC(NC(=O)OC(C)(C)C)C(=O)OCc1cc(F)c(F)cc1-c1ccc2nc(N)nc(C(=O)N3Cc4ccccc4C3)c2c1. The molecule has 258 valence electrons. The Labute approximate surface area is 282 Å².